The zero-order valence-electron chi connectivity index (χ0n) is 25.5. The van der Waals surface area contributed by atoms with Crippen LogP contribution < -0.4 is 19.3 Å². The topological polar surface area (TPSA) is 89.9 Å². The summed E-state index contributed by atoms with van der Waals surface area (Å²) in [6.07, 6.45) is -5.40. The van der Waals surface area contributed by atoms with Crippen molar-refractivity contribution in [3.05, 3.63) is 65.1 Å². The number of amides is 1. The number of anilines is 2. The maximum absolute atomic E-state index is 13.8. The Labute approximate surface area is 266 Å². The van der Waals surface area contributed by atoms with E-state index in [0.29, 0.717) is 42.4 Å². The van der Waals surface area contributed by atoms with Gasteiger partial charge in [0, 0.05) is 24.4 Å². The number of carbonyl (C=O) groups excluding carboxylic acids is 1. The number of halogens is 6. The highest BCUT2D eigenvalue weighted by molar-refractivity contribution is 7.98. The van der Waals surface area contributed by atoms with E-state index in [4.69, 9.17) is 14.2 Å². The lowest BCUT2D eigenvalue weighted by atomic mass is 9.92. The number of hydrogen-bond donors (Lipinski definition) is 0. The smallest absolute Gasteiger partial charge is 0.416 e. The fourth-order valence-electron chi connectivity index (χ4n) is 5.15. The lowest BCUT2D eigenvalue weighted by Gasteiger charge is -2.43. The predicted octanol–water partition coefficient (Wildman–Crippen LogP) is 7.55. The summed E-state index contributed by atoms with van der Waals surface area (Å²) in [7, 11) is 1.39. The second-order valence-corrected chi connectivity index (χ2v) is 11.2. The summed E-state index contributed by atoms with van der Waals surface area (Å²) < 4.78 is 99.0. The summed E-state index contributed by atoms with van der Waals surface area (Å²) in [5, 5.41) is 0. The molecule has 2 atom stereocenters. The standard InChI is InChI=1S/C30H33F6N5O4S/c1-5-21-14-24(26-23(7-8-25(39-26)43-3)41(21)28(42)44-6-2)40(27-37-15-22(16-38-27)45-9-10-46-4)17-18-11-19(29(31,32)33)13-20(12-18)30(34,35)36/h7-8,11-13,15-16,21,24H,5-6,9-10,14,17H2,1-4H3/t21-,24+/m1/s1. The number of pyridine rings is 1. The van der Waals surface area contributed by atoms with E-state index >= 15 is 0 Å². The molecular weight excluding hydrogens is 640 g/mol. The van der Waals surface area contributed by atoms with Crippen molar-refractivity contribution in [2.75, 3.05) is 42.1 Å². The molecule has 250 valence electrons. The molecule has 0 saturated carbocycles. The molecule has 46 heavy (non-hydrogen) atoms. The molecule has 1 aromatic carbocycles. The van der Waals surface area contributed by atoms with Crippen LogP contribution in [0.5, 0.6) is 11.6 Å². The SMILES string of the molecule is CCOC(=O)N1c2ccc(OC)nc2[C@@H](N(Cc2cc(C(F)(F)F)cc(C(F)(F)F)c2)c2ncc(OCCSC)cn2)C[C@H]1CC. The number of thioether (sulfide) groups is 1. The van der Waals surface area contributed by atoms with Crippen LogP contribution in [0.2, 0.25) is 0 Å². The van der Waals surface area contributed by atoms with E-state index in [2.05, 4.69) is 15.0 Å². The molecule has 9 nitrogen and oxygen atoms in total. The zero-order chi connectivity index (χ0) is 33.6. The predicted molar refractivity (Wildman–Crippen MR) is 160 cm³/mol. The minimum absolute atomic E-state index is 0.00296. The van der Waals surface area contributed by atoms with E-state index in [-0.39, 0.29) is 42.2 Å². The normalized spacial score (nSPS) is 16.5. The molecular formula is C30H33F6N5O4S. The first kappa shape index (κ1) is 34.9. The van der Waals surface area contributed by atoms with Gasteiger partial charge in [-0.3, -0.25) is 4.90 Å². The van der Waals surface area contributed by atoms with Crippen LogP contribution in [0, 0.1) is 0 Å². The lowest BCUT2D eigenvalue weighted by Crippen LogP contribution is -2.48. The lowest BCUT2D eigenvalue weighted by molar-refractivity contribution is -0.143. The maximum atomic E-state index is 13.8. The van der Waals surface area contributed by atoms with Crippen LogP contribution in [0.15, 0.2) is 42.7 Å². The van der Waals surface area contributed by atoms with Crippen molar-refractivity contribution in [2.45, 2.75) is 57.7 Å². The number of methoxy groups -OCH3 is 1. The van der Waals surface area contributed by atoms with E-state index in [1.165, 1.54) is 29.3 Å². The number of ether oxygens (including phenoxy) is 3. The van der Waals surface area contributed by atoms with Crippen molar-refractivity contribution in [2.24, 2.45) is 0 Å². The molecule has 0 unspecified atom stereocenters. The molecule has 0 N–H and O–H groups in total. The number of aromatic nitrogens is 3. The molecule has 1 amide bonds. The monoisotopic (exact) mass is 673 g/mol. The van der Waals surface area contributed by atoms with Crippen LogP contribution in [-0.2, 0) is 23.6 Å². The van der Waals surface area contributed by atoms with Crippen LogP contribution in [0.3, 0.4) is 0 Å². The molecule has 1 aliphatic rings. The zero-order valence-corrected chi connectivity index (χ0v) is 26.3. The first-order valence-corrected chi connectivity index (χ1v) is 15.7. The van der Waals surface area contributed by atoms with Crippen LogP contribution in [-0.4, -0.2) is 59.4 Å². The highest BCUT2D eigenvalue weighted by atomic mass is 32.2. The summed E-state index contributed by atoms with van der Waals surface area (Å²) in [6, 6.07) is 3.30. The van der Waals surface area contributed by atoms with Crippen molar-refractivity contribution in [3.8, 4) is 11.6 Å². The van der Waals surface area contributed by atoms with E-state index in [0.717, 1.165) is 0 Å². The molecule has 3 heterocycles. The van der Waals surface area contributed by atoms with E-state index < -0.39 is 48.2 Å². The molecule has 0 aliphatic carbocycles. The van der Waals surface area contributed by atoms with Crippen LogP contribution in [0.1, 0.15) is 55.1 Å². The number of benzene rings is 1. The van der Waals surface area contributed by atoms with Gasteiger partial charge in [-0.2, -0.15) is 38.1 Å². The van der Waals surface area contributed by atoms with Gasteiger partial charge in [0.25, 0.3) is 0 Å². The van der Waals surface area contributed by atoms with Crippen molar-refractivity contribution in [1.82, 2.24) is 15.0 Å². The van der Waals surface area contributed by atoms with Crippen LogP contribution >= 0.6 is 11.8 Å². The minimum atomic E-state index is -5.03. The largest absolute Gasteiger partial charge is 0.489 e. The third kappa shape index (κ3) is 8.06. The number of rotatable bonds is 11. The summed E-state index contributed by atoms with van der Waals surface area (Å²) in [6.45, 7) is 3.53. The quantitative estimate of drug-likeness (QED) is 0.151. The van der Waals surface area contributed by atoms with Gasteiger partial charge in [-0.05, 0) is 55.9 Å². The molecule has 0 saturated heterocycles. The van der Waals surface area contributed by atoms with Gasteiger partial charge >= 0.3 is 18.4 Å². The van der Waals surface area contributed by atoms with E-state index in [1.807, 2.05) is 13.2 Å². The molecule has 1 aliphatic heterocycles. The van der Waals surface area contributed by atoms with Crippen molar-refractivity contribution >= 4 is 29.5 Å². The molecule has 0 radical (unpaired) electrons. The highest BCUT2D eigenvalue weighted by Crippen LogP contribution is 2.44. The molecule has 16 heteroatoms. The molecule has 0 bridgehead atoms. The fourth-order valence-corrected chi connectivity index (χ4v) is 5.40. The Morgan fingerprint density at radius 3 is 2.24 bits per heavy atom. The van der Waals surface area contributed by atoms with E-state index in [1.54, 1.807) is 30.8 Å². The first-order valence-electron chi connectivity index (χ1n) is 14.3. The molecule has 0 spiro atoms. The summed E-state index contributed by atoms with van der Waals surface area (Å²) in [5.41, 5.74) is -2.54. The second kappa shape index (κ2) is 14.6. The third-order valence-electron chi connectivity index (χ3n) is 7.26. The number of nitrogens with zero attached hydrogens (tertiary/aromatic N) is 5. The summed E-state index contributed by atoms with van der Waals surface area (Å²) in [4.78, 5) is 29.4. The fraction of sp³-hybridized carbons (Fsp3) is 0.467. The van der Waals surface area contributed by atoms with Gasteiger partial charge in [0.05, 0.1) is 61.3 Å². The van der Waals surface area contributed by atoms with E-state index in [9.17, 15) is 31.1 Å². The Balaban J connectivity index is 1.89. The van der Waals surface area contributed by atoms with Crippen molar-refractivity contribution in [1.29, 1.82) is 0 Å². The Bertz CT molecular complexity index is 1460. The second-order valence-electron chi connectivity index (χ2n) is 10.2. The van der Waals surface area contributed by atoms with Gasteiger partial charge in [-0.15, -0.1) is 0 Å². The number of hydrogen-bond acceptors (Lipinski definition) is 9. The Morgan fingerprint density at radius 2 is 1.70 bits per heavy atom. The van der Waals surface area contributed by atoms with Gasteiger partial charge in [-0.25, -0.2) is 19.7 Å². The number of alkyl halides is 6. The average molecular weight is 674 g/mol. The van der Waals surface area contributed by atoms with Crippen LogP contribution in [0.25, 0.3) is 0 Å². The van der Waals surface area contributed by atoms with Crippen molar-refractivity contribution in [3.63, 3.8) is 0 Å². The number of fused-ring (bicyclic) bond motifs is 1. The minimum Gasteiger partial charge on any atom is -0.489 e. The van der Waals surface area contributed by atoms with Crippen molar-refractivity contribution < 1.29 is 45.3 Å². The van der Waals surface area contributed by atoms with Gasteiger partial charge < -0.3 is 19.1 Å². The average Bonchev–Trinajstić information content (AvgIpc) is 3.02. The van der Waals surface area contributed by atoms with Gasteiger partial charge in [0.15, 0.2) is 5.75 Å². The van der Waals surface area contributed by atoms with Crippen LogP contribution in [0.4, 0.5) is 42.8 Å². The maximum Gasteiger partial charge on any atom is 0.416 e. The highest BCUT2D eigenvalue weighted by Gasteiger charge is 2.42. The van der Waals surface area contributed by atoms with Gasteiger partial charge in [-0.1, -0.05) is 6.92 Å². The Kier molecular flexibility index (Phi) is 11.1. The molecule has 2 aromatic heterocycles. The molecule has 3 aromatic rings. The molecule has 0 fully saturated rings. The Morgan fingerprint density at radius 1 is 1.04 bits per heavy atom. The Hall–Kier alpha value is -3.95. The van der Waals surface area contributed by atoms with Gasteiger partial charge in [0.2, 0.25) is 11.8 Å². The van der Waals surface area contributed by atoms with Gasteiger partial charge in [0.1, 0.15) is 0 Å². The summed E-state index contributed by atoms with van der Waals surface area (Å²) in [5.74, 6) is 1.22. The molecule has 4 rings (SSSR count). The number of carbonyl (C=O) groups is 1. The summed E-state index contributed by atoms with van der Waals surface area (Å²) >= 11 is 1.57. The first-order chi connectivity index (χ1) is 21.8. The third-order valence-corrected chi connectivity index (χ3v) is 7.84.